The highest BCUT2D eigenvalue weighted by Crippen LogP contribution is 2.50. The van der Waals surface area contributed by atoms with Gasteiger partial charge in [-0.25, -0.2) is 18.1 Å². The number of rotatable bonds is 14. The Kier molecular flexibility index (Phi) is 11.1. The molecule has 0 amide bonds. The smallest absolute Gasteiger partial charge is 0.459 e. The Morgan fingerprint density at radius 3 is 2.44 bits per heavy atom. The number of alkyl halides is 1. The third-order valence-electron chi connectivity index (χ3n) is 7.07. The van der Waals surface area contributed by atoms with E-state index in [4.69, 9.17) is 29.0 Å². The van der Waals surface area contributed by atoms with Crippen molar-refractivity contribution in [3.8, 4) is 5.75 Å². The SMILES string of the molecule is CC(C)OC(=O)[C@H](C)NP(=O)(OC[C@H]1O[C@@H](n2cc(F)c(N)nc2=O)C(F)C1(C)COCc1ccccc1)Oc1ccccc1. The fourth-order valence-electron chi connectivity index (χ4n) is 4.61. The maximum absolute atomic E-state index is 16.3. The third-order valence-corrected chi connectivity index (χ3v) is 8.72. The van der Waals surface area contributed by atoms with E-state index in [2.05, 4.69) is 10.1 Å². The molecule has 45 heavy (non-hydrogen) atoms. The maximum atomic E-state index is 16.3. The van der Waals surface area contributed by atoms with Gasteiger partial charge in [0.05, 0.1) is 43.6 Å². The van der Waals surface area contributed by atoms with E-state index in [-0.39, 0.29) is 19.0 Å². The number of hydrogen-bond acceptors (Lipinski definition) is 10. The van der Waals surface area contributed by atoms with Crippen LogP contribution in [-0.4, -0.2) is 53.2 Å². The first-order valence-electron chi connectivity index (χ1n) is 14.2. The minimum absolute atomic E-state index is 0.131. The molecule has 0 spiro atoms. The largest absolute Gasteiger partial charge is 0.462 e. The number of carbonyl (C=O) groups is 1. The molecule has 0 aliphatic carbocycles. The van der Waals surface area contributed by atoms with Gasteiger partial charge in [-0.15, -0.1) is 0 Å². The quantitative estimate of drug-likeness (QED) is 0.187. The molecule has 3 unspecified atom stereocenters. The van der Waals surface area contributed by atoms with Crippen LogP contribution in [0.1, 0.15) is 39.5 Å². The van der Waals surface area contributed by atoms with Crippen LogP contribution in [0.15, 0.2) is 71.7 Å². The average molecular weight is 651 g/mol. The molecule has 0 saturated carbocycles. The first-order chi connectivity index (χ1) is 21.3. The Bertz CT molecular complexity index is 1550. The fraction of sp³-hybridized carbons (Fsp3) is 0.433. The van der Waals surface area contributed by atoms with Gasteiger partial charge in [-0.05, 0) is 38.5 Å². The molecule has 2 aromatic carbocycles. The lowest BCUT2D eigenvalue weighted by Crippen LogP contribution is -2.43. The number of esters is 1. The Hall–Kier alpha value is -3.68. The number of nitrogens with zero attached hydrogens (tertiary/aromatic N) is 2. The first kappa shape index (κ1) is 34.2. The molecular formula is C30H37F2N4O8P. The van der Waals surface area contributed by atoms with Crippen molar-refractivity contribution in [2.45, 2.75) is 65.0 Å². The van der Waals surface area contributed by atoms with Crippen LogP contribution >= 0.6 is 7.75 Å². The number of benzene rings is 2. The zero-order valence-corrected chi connectivity index (χ0v) is 26.2. The van der Waals surface area contributed by atoms with Crippen molar-refractivity contribution in [3.05, 3.63) is 88.7 Å². The van der Waals surface area contributed by atoms with E-state index in [1.165, 1.54) is 26.0 Å². The normalized spacial score (nSPS) is 23.4. The first-order valence-corrected chi connectivity index (χ1v) is 15.8. The Morgan fingerprint density at radius 2 is 1.80 bits per heavy atom. The molecule has 3 N–H and O–H groups in total. The Morgan fingerprint density at radius 1 is 1.16 bits per heavy atom. The van der Waals surface area contributed by atoms with Gasteiger partial charge >= 0.3 is 19.4 Å². The van der Waals surface area contributed by atoms with E-state index in [1.807, 2.05) is 30.3 Å². The maximum Gasteiger partial charge on any atom is 0.459 e. The lowest BCUT2D eigenvalue weighted by molar-refractivity contribution is -0.149. The van der Waals surface area contributed by atoms with Crippen molar-refractivity contribution in [3.63, 3.8) is 0 Å². The molecule has 1 fully saturated rings. The zero-order chi connectivity index (χ0) is 32.8. The molecule has 2 heterocycles. The molecule has 1 aliphatic rings. The molecule has 6 atom stereocenters. The van der Waals surface area contributed by atoms with Crippen LogP contribution in [0.25, 0.3) is 0 Å². The summed E-state index contributed by atoms with van der Waals surface area (Å²) < 4.78 is 73.9. The van der Waals surface area contributed by atoms with Crippen molar-refractivity contribution in [2.75, 3.05) is 18.9 Å². The molecule has 4 rings (SSSR count). The topological polar surface area (TPSA) is 153 Å². The van der Waals surface area contributed by atoms with Crippen molar-refractivity contribution in [2.24, 2.45) is 5.41 Å². The fourth-order valence-corrected chi connectivity index (χ4v) is 6.10. The highest BCUT2D eigenvalue weighted by Gasteiger charge is 2.56. The predicted molar refractivity (Wildman–Crippen MR) is 160 cm³/mol. The van der Waals surface area contributed by atoms with E-state index in [0.29, 0.717) is 10.8 Å². The summed E-state index contributed by atoms with van der Waals surface area (Å²) in [7, 11) is -4.36. The van der Waals surface area contributed by atoms with Gasteiger partial charge in [0.25, 0.3) is 0 Å². The van der Waals surface area contributed by atoms with Gasteiger partial charge in [-0.2, -0.15) is 10.1 Å². The van der Waals surface area contributed by atoms with Crippen LogP contribution in [0.2, 0.25) is 0 Å². The molecule has 1 saturated heterocycles. The molecule has 15 heteroatoms. The average Bonchev–Trinajstić information content (AvgIpc) is 3.23. The summed E-state index contributed by atoms with van der Waals surface area (Å²) >= 11 is 0. The van der Waals surface area contributed by atoms with Crippen molar-refractivity contribution in [1.82, 2.24) is 14.6 Å². The number of nitrogens with one attached hydrogen (secondary N) is 1. The van der Waals surface area contributed by atoms with E-state index in [0.717, 1.165) is 5.56 Å². The highest BCUT2D eigenvalue weighted by molar-refractivity contribution is 7.52. The summed E-state index contributed by atoms with van der Waals surface area (Å²) in [6.45, 7) is 5.60. The molecule has 0 bridgehead atoms. The van der Waals surface area contributed by atoms with Gasteiger partial charge < -0.3 is 24.5 Å². The van der Waals surface area contributed by atoms with Gasteiger partial charge in [0.15, 0.2) is 24.0 Å². The summed E-state index contributed by atoms with van der Waals surface area (Å²) in [5.41, 5.74) is 3.69. The van der Waals surface area contributed by atoms with Crippen LogP contribution in [0.4, 0.5) is 14.6 Å². The van der Waals surface area contributed by atoms with Gasteiger partial charge in [0.2, 0.25) is 0 Å². The standard InChI is InChI=1S/C30H37F2N4O8P/c1-19(2)42-28(37)20(3)35-45(39,44-22-13-9-6-10-14-22)41-17-24-30(4,18-40-16-21-11-7-5-8-12-21)25(32)27(43-24)36-15-23(31)26(33)34-29(36)38/h5-15,19-20,24-25,27H,16-18H2,1-4H3,(H,35,39)(H2,33,34,38)/t20-,24+,25?,27+,30?,45?/m0/s1. The van der Waals surface area contributed by atoms with E-state index < -0.39 is 73.7 Å². The van der Waals surface area contributed by atoms with Crippen LogP contribution in [0.5, 0.6) is 5.75 Å². The minimum Gasteiger partial charge on any atom is -0.462 e. The third kappa shape index (κ3) is 8.53. The molecule has 1 aliphatic heterocycles. The Labute approximate surface area is 259 Å². The minimum atomic E-state index is -4.36. The monoisotopic (exact) mass is 650 g/mol. The molecule has 12 nitrogen and oxygen atoms in total. The number of ether oxygens (including phenoxy) is 3. The van der Waals surface area contributed by atoms with Crippen LogP contribution < -0.4 is 21.0 Å². The molecule has 0 radical (unpaired) electrons. The van der Waals surface area contributed by atoms with Gasteiger partial charge in [0.1, 0.15) is 11.8 Å². The summed E-state index contributed by atoms with van der Waals surface area (Å²) in [6, 6.07) is 16.1. The van der Waals surface area contributed by atoms with Gasteiger partial charge in [-0.1, -0.05) is 55.5 Å². The number of nitrogen functional groups attached to an aromatic ring is 1. The lowest BCUT2D eigenvalue weighted by atomic mass is 9.82. The van der Waals surface area contributed by atoms with Crippen molar-refractivity contribution >= 4 is 19.5 Å². The summed E-state index contributed by atoms with van der Waals surface area (Å²) in [5, 5.41) is 2.57. The summed E-state index contributed by atoms with van der Waals surface area (Å²) in [6.07, 6.45) is -4.54. The van der Waals surface area contributed by atoms with Crippen molar-refractivity contribution in [1.29, 1.82) is 0 Å². The zero-order valence-electron chi connectivity index (χ0n) is 25.3. The van der Waals surface area contributed by atoms with Gasteiger partial charge in [-0.3, -0.25) is 13.9 Å². The van der Waals surface area contributed by atoms with Crippen LogP contribution in [0.3, 0.4) is 0 Å². The number of aromatic nitrogens is 2. The molecule has 3 aromatic rings. The van der Waals surface area contributed by atoms with Gasteiger partial charge in [0, 0.05) is 0 Å². The van der Waals surface area contributed by atoms with E-state index in [9.17, 15) is 18.5 Å². The number of hydrogen-bond donors (Lipinski definition) is 2. The number of para-hydroxylation sites is 1. The van der Waals surface area contributed by atoms with E-state index in [1.54, 1.807) is 32.0 Å². The molecule has 1 aromatic heterocycles. The lowest BCUT2D eigenvalue weighted by Gasteiger charge is -2.32. The number of carbonyl (C=O) groups excluding carboxylic acids is 1. The number of halogens is 2. The second-order valence-corrected chi connectivity index (χ2v) is 12.8. The van der Waals surface area contributed by atoms with Crippen molar-refractivity contribution < 1.29 is 41.4 Å². The highest BCUT2D eigenvalue weighted by atomic mass is 31.2. The number of nitrogens with two attached hydrogens (primary N) is 1. The summed E-state index contributed by atoms with van der Waals surface area (Å²) in [5.74, 6) is -2.23. The Balaban J connectivity index is 1.61. The van der Waals surface area contributed by atoms with Crippen LogP contribution in [0, 0.1) is 11.2 Å². The van der Waals surface area contributed by atoms with Crippen LogP contribution in [-0.2, 0) is 34.7 Å². The van der Waals surface area contributed by atoms with E-state index >= 15 is 4.39 Å². The molecule has 244 valence electrons. The number of anilines is 1. The predicted octanol–water partition coefficient (Wildman–Crippen LogP) is 4.56. The second-order valence-electron chi connectivity index (χ2n) is 11.1. The second kappa shape index (κ2) is 14.6. The molecular weight excluding hydrogens is 613 g/mol. The summed E-state index contributed by atoms with van der Waals surface area (Å²) in [4.78, 5) is 28.5.